The van der Waals surface area contributed by atoms with E-state index in [1.165, 1.54) is 9.71 Å². The molecule has 0 aliphatic carbocycles. The normalized spacial score (nSPS) is 16.6. The molecule has 1 fully saturated rings. The Labute approximate surface area is 164 Å². The van der Waals surface area contributed by atoms with Gasteiger partial charge in [0.1, 0.15) is 0 Å². The molecule has 3 aromatic rings. The zero-order valence-corrected chi connectivity index (χ0v) is 16.1. The molecule has 1 aromatic heterocycles. The number of hydrogen-bond acceptors (Lipinski definition) is 5. The second kappa shape index (κ2) is 8.08. The lowest BCUT2D eigenvalue weighted by Crippen LogP contribution is -2.36. The first-order valence-electron chi connectivity index (χ1n) is 9.24. The van der Waals surface area contributed by atoms with Crippen molar-refractivity contribution in [3.63, 3.8) is 0 Å². The molecule has 0 radical (unpaired) electrons. The summed E-state index contributed by atoms with van der Waals surface area (Å²) in [6.45, 7) is 0.879. The summed E-state index contributed by atoms with van der Waals surface area (Å²) in [5.74, 6) is 1.22. The van der Waals surface area contributed by atoms with Gasteiger partial charge in [-0.05, 0) is 24.5 Å². The fraction of sp³-hybridized carbons (Fsp3) is 0.238. The predicted octanol–water partition coefficient (Wildman–Crippen LogP) is 3.92. The molecule has 2 heterocycles. The smallest absolute Gasteiger partial charge is 0.236 e. The molecule has 6 nitrogen and oxygen atoms in total. The van der Waals surface area contributed by atoms with E-state index >= 15 is 0 Å². The number of sulfonamides is 1. The van der Waals surface area contributed by atoms with Crippen LogP contribution in [0.4, 0.5) is 0 Å². The van der Waals surface area contributed by atoms with Gasteiger partial charge in [0.05, 0.1) is 0 Å². The lowest BCUT2D eigenvalue weighted by atomic mass is 9.98. The van der Waals surface area contributed by atoms with Crippen LogP contribution >= 0.6 is 0 Å². The topological polar surface area (TPSA) is 76.3 Å². The summed E-state index contributed by atoms with van der Waals surface area (Å²) in [6.07, 6.45) is 2.95. The Morgan fingerprint density at radius 1 is 0.964 bits per heavy atom. The molecule has 0 saturated carbocycles. The molecular formula is C21H21N3O3S. The third-order valence-corrected chi connectivity index (χ3v) is 6.43. The van der Waals surface area contributed by atoms with Crippen LogP contribution in [0.5, 0.6) is 0 Å². The monoisotopic (exact) mass is 395 g/mol. The summed E-state index contributed by atoms with van der Waals surface area (Å²) in [7, 11) is -3.44. The van der Waals surface area contributed by atoms with Crippen molar-refractivity contribution < 1.29 is 12.9 Å². The number of piperidine rings is 1. The summed E-state index contributed by atoms with van der Waals surface area (Å²) in [6, 6.07) is 19.1. The molecule has 4 rings (SSSR count). The van der Waals surface area contributed by atoms with E-state index in [1.807, 2.05) is 60.7 Å². The van der Waals surface area contributed by atoms with Crippen LogP contribution in [0.15, 0.2) is 70.6 Å². The molecule has 0 amide bonds. The quantitative estimate of drug-likeness (QED) is 0.654. The fourth-order valence-corrected chi connectivity index (χ4v) is 4.50. The number of hydrogen-bond donors (Lipinski definition) is 0. The van der Waals surface area contributed by atoms with Gasteiger partial charge >= 0.3 is 0 Å². The molecule has 0 atom stereocenters. The molecule has 0 spiro atoms. The largest absolute Gasteiger partial charge is 0.339 e. The molecule has 144 valence electrons. The van der Waals surface area contributed by atoms with Crippen molar-refractivity contribution in [3.05, 3.63) is 77.5 Å². The Morgan fingerprint density at radius 3 is 2.29 bits per heavy atom. The highest BCUT2D eigenvalue weighted by atomic mass is 32.2. The molecule has 28 heavy (non-hydrogen) atoms. The first-order chi connectivity index (χ1) is 13.6. The van der Waals surface area contributed by atoms with E-state index in [4.69, 9.17) is 4.52 Å². The number of nitrogens with zero attached hydrogens (tertiary/aromatic N) is 3. The molecule has 1 aliphatic heterocycles. The minimum absolute atomic E-state index is 0.0783. The Balaban J connectivity index is 1.39. The van der Waals surface area contributed by atoms with Crippen LogP contribution in [0.25, 0.3) is 17.5 Å². The molecule has 0 bridgehead atoms. The number of benzene rings is 2. The first-order valence-corrected chi connectivity index (χ1v) is 10.7. The van der Waals surface area contributed by atoms with Crippen molar-refractivity contribution in [2.45, 2.75) is 18.8 Å². The van der Waals surface area contributed by atoms with E-state index in [2.05, 4.69) is 10.1 Å². The molecule has 0 N–H and O–H groups in total. The van der Waals surface area contributed by atoms with Crippen molar-refractivity contribution in [1.82, 2.24) is 14.4 Å². The van der Waals surface area contributed by atoms with Crippen molar-refractivity contribution in [1.29, 1.82) is 0 Å². The lowest BCUT2D eigenvalue weighted by molar-refractivity contribution is 0.272. The summed E-state index contributed by atoms with van der Waals surface area (Å²) >= 11 is 0. The first kappa shape index (κ1) is 18.6. The van der Waals surface area contributed by atoms with Crippen molar-refractivity contribution in [2.24, 2.45) is 0 Å². The van der Waals surface area contributed by atoms with Crippen molar-refractivity contribution in [2.75, 3.05) is 13.1 Å². The van der Waals surface area contributed by atoms with Crippen LogP contribution in [0.3, 0.4) is 0 Å². The highest BCUT2D eigenvalue weighted by Gasteiger charge is 2.30. The summed E-state index contributed by atoms with van der Waals surface area (Å²) in [5, 5.41) is 5.34. The summed E-state index contributed by atoms with van der Waals surface area (Å²) < 4.78 is 32.1. The van der Waals surface area contributed by atoms with Crippen LogP contribution in [0.1, 0.15) is 30.2 Å². The average molecular weight is 395 g/mol. The van der Waals surface area contributed by atoms with Crippen molar-refractivity contribution >= 4 is 16.1 Å². The van der Waals surface area contributed by atoms with Crippen LogP contribution in [-0.4, -0.2) is 36.0 Å². The van der Waals surface area contributed by atoms with E-state index in [0.29, 0.717) is 37.6 Å². The van der Waals surface area contributed by atoms with Gasteiger partial charge in [0.15, 0.2) is 0 Å². The van der Waals surface area contributed by atoms with Crippen molar-refractivity contribution in [3.8, 4) is 11.4 Å². The second-order valence-electron chi connectivity index (χ2n) is 6.75. The average Bonchev–Trinajstić information content (AvgIpc) is 3.24. The van der Waals surface area contributed by atoms with Crippen LogP contribution in [0, 0.1) is 0 Å². The van der Waals surface area contributed by atoms with E-state index in [9.17, 15) is 8.42 Å². The SMILES string of the molecule is O=S(=O)(C=Cc1ccccc1)N1CCC(c2nc(-c3ccccc3)no2)CC1. The maximum atomic E-state index is 12.6. The van der Waals surface area contributed by atoms with Crippen LogP contribution in [-0.2, 0) is 10.0 Å². The van der Waals surface area contributed by atoms with E-state index in [1.54, 1.807) is 6.08 Å². The van der Waals surface area contributed by atoms with E-state index in [-0.39, 0.29) is 5.92 Å². The molecule has 2 aromatic carbocycles. The highest BCUT2D eigenvalue weighted by Crippen LogP contribution is 2.29. The third-order valence-electron chi connectivity index (χ3n) is 4.87. The van der Waals surface area contributed by atoms with Gasteiger partial charge < -0.3 is 4.52 Å². The minimum atomic E-state index is -3.44. The third kappa shape index (κ3) is 4.21. The Bertz CT molecular complexity index is 1040. The van der Waals surface area contributed by atoms with Gasteiger partial charge in [0.2, 0.25) is 21.7 Å². The number of aromatic nitrogens is 2. The lowest BCUT2D eigenvalue weighted by Gasteiger charge is -2.28. The fourth-order valence-electron chi connectivity index (χ4n) is 3.28. The summed E-state index contributed by atoms with van der Waals surface area (Å²) in [5.41, 5.74) is 1.77. The van der Waals surface area contributed by atoms with Gasteiger partial charge in [0, 0.05) is 30.0 Å². The predicted molar refractivity (Wildman–Crippen MR) is 108 cm³/mol. The molecule has 0 unspecified atom stereocenters. The maximum Gasteiger partial charge on any atom is 0.236 e. The van der Waals surface area contributed by atoms with Gasteiger partial charge in [0.25, 0.3) is 0 Å². The Hall–Kier alpha value is -2.77. The zero-order valence-electron chi connectivity index (χ0n) is 15.3. The van der Waals surface area contributed by atoms with E-state index < -0.39 is 10.0 Å². The van der Waals surface area contributed by atoms with Crippen LogP contribution in [0.2, 0.25) is 0 Å². The Kier molecular flexibility index (Phi) is 5.36. The zero-order chi connectivity index (χ0) is 19.4. The van der Waals surface area contributed by atoms with Gasteiger partial charge in [-0.2, -0.15) is 9.29 Å². The molecule has 1 saturated heterocycles. The minimum Gasteiger partial charge on any atom is -0.339 e. The molecular weight excluding hydrogens is 374 g/mol. The summed E-state index contributed by atoms with van der Waals surface area (Å²) in [4.78, 5) is 4.51. The Morgan fingerprint density at radius 2 is 1.61 bits per heavy atom. The second-order valence-corrected chi connectivity index (χ2v) is 8.57. The van der Waals surface area contributed by atoms with Gasteiger partial charge in [-0.15, -0.1) is 0 Å². The highest BCUT2D eigenvalue weighted by molar-refractivity contribution is 7.92. The van der Waals surface area contributed by atoms with Crippen LogP contribution < -0.4 is 0 Å². The van der Waals surface area contributed by atoms with Gasteiger partial charge in [-0.3, -0.25) is 0 Å². The standard InChI is InChI=1S/C21H21N3O3S/c25-28(26,16-13-17-7-3-1-4-8-17)24-14-11-19(12-15-24)21-22-20(23-27-21)18-9-5-2-6-10-18/h1-10,13,16,19H,11-12,14-15H2. The molecule has 7 heteroatoms. The van der Waals surface area contributed by atoms with Gasteiger partial charge in [-0.25, -0.2) is 8.42 Å². The molecule has 1 aliphatic rings. The maximum absolute atomic E-state index is 12.6. The van der Waals surface area contributed by atoms with Gasteiger partial charge in [-0.1, -0.05) is 65.8 Å². The van der Waals surface area contributed by atoms with E-state index in [0.717, 1.165) is 11.1 Å². The number of rotatable bonds is 5.